The Morgan fingerprint density at radius 1 is 0.895 bits per heavy atom. The van der Waals surface area contributed by atoms with Crippen molar-refractivity contribution in [3.05, 3.63) is 0 Å². The molecule has 0 aliphatic carbocycles. The SMILES string of the molecule is O=C1CCC(C(=O)O)N1.O=C1CCC(C(=O)O)N1.[Ni]. The molecule has 2 rings (SSSR count). The maximum Gasteiger partial charge on any atom is 0.326 e. The van der Waals surface area contributed by atoms with Gasteiger partial charge < -0.3 is 20.8 Å². The molecule has 19 heavy (non-hydrogen) atoms. The number of nitrogens with one attached hydrogen (secondary N) is 2. The molecule has 0 aromatic carbocycles. The van der Waals surface area contributed by atoms with Crippen LogP contribution in [0.3, 0.4) is 0 Å². The minimum atomic E-state index is -0.944. The van der Waals surface area contributed by atoms with Crippen LogP contribution < -0.4 is 10.6 Å². The average Bonchev–Trinajstić information content (AvgIpc) is 2.88. The summed E-state index contributed by atoms with van der Waals surface area (Å²) in [6.45, 7) is 0. The van der Waals surface area contributed by atoms with Crippen LogP contribution in [0.5, 0.6) is 0 Å². The van der Waals surface area contributed by atoms with Crippen LogP contribution in [0.2, 0.25) is 0 Å². The number of carbonyl (C=O) groups is 4. The monoisotopic (exact) mass is 316 g/mol. The molecule has 0 aromatic heterocycles. The van der Waals surface area contributed by atoms with Crippen molar-refractivity contribution < 1.29 is 45.9 Å². The van der Waals surface area contributed by atoms with E-state index in [1.807, 2.05) is 0 Å². The second-order valence-electron chi connectivity index (χ2n) is 3.99. The summed E-state index contributed by atoms with van der Waals surface area (Å²) < 4.78 is 0. The molecule has 2 fully saturated rings. The average molecular weight is 317 g/mol. The van der Waals surface area contributed by atoms with Crippen LogP contribution >= 0.6 is 0 Å². The Balaban J connectivity index is 0.000000324. The van der Waals surface area contributed by atoms with Gasteiger partial charge in [-0.15, -0.1) is 0 Å². The van der Waals surface area contributed by atoms with Gasteiger partial charge in [-0.3, -0.25) is 9.59 Å². The van der Waals surface area contributed by atoms with Gasteiger partial charge in [0, 0.05) is 29.3 Å². The first kappa shape index (κ1) is 17.4. The molecule has 0 aromatic rings. The van der Waals surface area contributed by atoms with Crippen molar-refractivity contribution >= 4 is 23.8 Å². The summed E-state index contributed by atoms with van der Waals surface area (Å²) in [7, 11) is 0. The van der Waals surface area contributed by atoms with Crippen LogP contribution in [0.1, 0.15) is 25.7 Å². The zero-order chi connectivity index (χ0) is 13.7. The Bertz CT molecular complexity index is 350. The van der Waals surface area contributed by atoms with Crippen LogP contribution in [0.15, 0.2) is 0 Å². The summed E-state index contributed by atoms with van der Waals surface area (Å²) in [5.41, 5.74) is 0. The molecule has 2 heterocycles. The van der Waals surface area contributed by atoms with E-state index in [-0.39, 0.29) is 28.3 Å². The number of carbonyl (C=O) groups excluding carboxylic acids is 2. The van der Waals surface area contributed by atoms with Crippen LogP contribution in [-0.2, 0) is 35.7 Å². The molecule has 4 N–H and O–H groups in total. The molecule has 0 radical (unpaired) electrons. The third kappa shape index (κ3) is 5.69. The number of aliphatic carboxylic acids is 2. The zero-order valence-electron chi connectivity index (χ0n) is 9.83. The second-order valence-corrected chi connectivity index (χ2v) is 3.99. The zero-order valence-corrected chi connectivity index (χ0v) is 10.8. The van der Waals surface area contributed by atoms with Crippen molar-refractivity contribution in [2.45, 2.75) is 37.8 Å². The standard InChI is InChI=1S/2C5H7NO3.Ni/c2*7-4-2-1-3(6-4)5(8)9;/h2*3H,1-2H2,(H,6,7)(H,8,9);. The van der Waals surface area contributed by atoms with E-state index in [9.17, 15) is 19.2 Å². The van der Waals surface area contributed by atoms with Crippen molar-refractivity contribution in [3.63, 3.8) is 0 Å². The minimum Gasteiger partial charge on any atom is -0.480 e. The Morgan fingerprint density at radius 2 is 1.21 bits per heavy atom. The molecule has 2 aliphatic rings. The maximum atomic E-state index is 10.4. The van der Waals surface area contributed by atoms with E-state index in [0.717, 1.165) is 0 Å². The number of amides is 2. The molecule has 0 spiro atoms. The van der Waals surface area contributed by atoms with Gasteiger partial charge in [0.2, 0.25) is 11.8 Å². The normalized spacial score (nSPS) is 24.4. The molecule has 2 aliphatic heterocycles. The molecule has 0 bridgehead atoms. The molecular formula is C10H14N2NiO6. The predicted octanol–water partition coefficient (Wildman–Crippen LogP) is -1.30. The van der Waals surface area contributed by atoms with E-state index in [0.29, 0.717) is 25.7 Å². The van der Waals surface area contributed by atoms with Crippen LogP contribution in [0, 0.1) is 0 Å². The van der Waals surface area contributed by atoms with Gasteiger partial charge in [0.1, 0.15) is 12.1 Å². The van der Waals surface area contributed by atoms with E-state index in [2.05, 4.69) is 10.6 Å². The van der Waals surface area contributed by atoms with E-state index < -0.39 is 24.0 Å². The summed E-state index contributed by atoms with van der Waals surface area (Å²) in [5, 5.41) is 21.3. The van der Waals surface area contributed by atoms with Crippen molar-refractivity contribution in [2.75, 3.05) is 0 Å². The van der Waals surface area contributed by atoms with Crippen LogP contribution in [-0.4, -0.2) is 46.0 Å². The van der Waals surface area contributed by atoms with Gasteiger partial charge in [-0.1, -0.05) is 0 Å². The number of carboxylic acids is 2. The van der Waals surface area contributed by atoms with E-state index in [1.165, 1.54) is 0 Å². The van der Waals surface area contributed by atoms with Crippen molar-refractivity contribution in [1.29, 1.82) is 0 Å². The molecule has 2 atom stereocenters. The topological polar surface area (TPSA) is 133 Å². The van der Waals surface area contributed by atoms with Gasteiger partial charge >= 0.3 is 11.9 Å². The number of rotatable bonds is 2. The van der Waals surface area contributed by atoms with Gasteiger partial charge in [0.15, 0.2) is 0 Å². The fourth-order valence-electron chi connectivity index (χ4n) is 1.60. The molecule has 2 amide bonds. The molecule has 2 saturated heterocycles. The number of hydrogen-bond acceptors (Lipinski definition) is 4. The van der Waals surface area contributed by atoms with Gasteiger partial charge in [-0.2, -0.15) is 0 Å². The molecule has 110 valence electrons. The smallest absolute Gasteiger partial charge is 0.326 e. The first-order valence-corrected chi connectivity index (χ1v) is 5.44. The fourth-order valence-corrected chi connectivity index (χ4v) is 1.60. The molecule has 8 nitrogen and oxygen atoms in total. The molecular weight excluding hydrogens is 303 g/mol. The van der Waals surface area contributed by atoms with Crippen molar-refractivity contribution in [1.82, 2.24) is 10.6 Å². The summed E-state index contributed by atoms with van der Waals surface area (Å²) >= 11 is 0. The van der Waals surface area contributed by atoms with E-state index in [4.69, 9.17) is 10.2 Å². The van der Waals surface area contributed by atoms with Gasteiger partial charge in [-0.05, 0) is 12.8 Å². The van der Waals surface area contributed by atoms with Crippen molar-refractivity contribution in [3.8, 4) is 0 Å². The first-order chi connectivity index (χ1) is 8.40. The van der Waals surface area contributed by atoms with Gasteiger partial charge in [0.25, 0.3) is 0 Å². The molecule has 9 heteroatoms. The predicted molar refractivity (Wildman–Crippen MR) is 57.6 cm³/mol. The molecule has 2 unspecified atom stereocenters. The second kappa shape index (κ2) is 7.73. The molecule has 0 saturated carbocycles. The number of hydrogen-bond donors (Lipinski definition) is 4. The quantitative estimate of drug-likeness (QED) is 0.468. The minimum absolute atomic E-state index is 0. The van der Waals surface area contributed by atoms with Crippen molar-refractivity contribution in [2.24, 2.45) is 0 Å². The van der Waals surface area contributed by atoms with E-state index in [1.54, 1.807) is 0 Å². The third-order valence-corrected chi connectivity index (χ3v) is 2.59. The largest absolute Gasteiger partial charge is 0.480 e. The summed E-state index contributed by atoms with van der Waals surface area (Å²) in [6, 6.07) is -1.28. The van der Waals surface area contributed by atoms with Crippen LogP contribution in [0.4, 0.5) is 0 Å². The fraction of sp³-hybridized carbons (Fsp3) is 0.600. The third-order valence-electron chi connectivity index (χ3n) is 2.59. The van der Waals surface area contributed by atoms with Crippen LogP contribution in [0.25, 0.3) is 0 Å². The summed E-state index contributed by atoms with van der Waals surface area (Å²) in [6.07, 6.45) is 1.54. The first-order valence-electron chi connectivity index (χ1n) is 5.44. The Labute approximate surface area is 118 Å². The maximum absolute atomic E-state index is 10.4. The Hall–Kier alpha value is -1.63. The van der Waals surface area contributed by atoms with Gasteiger partial charge in [0.05, 0.1) is 0 Å². The Kier molecular flexibility index (Phi) is 7.07. The Morgan fingerprint density at radius 3 is 1.32 bits per heavy atom. The number of carboxylic acid groups (broad SMARTS) is 2. The summed E-state index contributed by atoms with van der Waals surface area (Å²) in [5.74, 6) is -2.22. The van der Waals surface area contributed by atoms with Gasteiger partial charge in [-0.25, -0.2) is 9.59 Å². The van der Waals surface area contributed by atoms with E-state index >= 15 is 0 Å². The summed E-state index contributed by atoms with van der Waals surface area (Å²) in [4.78, 5) is 41.0.